The molecule has 1 rings (SSSR count). The Hall–Kier alpha value is -2.17. The second kappa shape index (κ2) is 6.73. The topological polar surface area (TPSA) is 69.7 Å². The van der Waals surface area contributed by atoms with Crippen molar-refractivity contribution in [3.8, 4) is 0 Å². The standard InChI is InChI=1S/C17H22O5/c1-12(18)21-11-17(5,15(20)22-16(2,3)4)14(19)13-9-7-6-8-10-13/h6-10H,11H2,1-5H3. The first-order chi connectivity index (χ1) is 10.1. The molecule has 22 heavy (non-hydrogen) atoms. The quantitative estimate of drug-likeness (QED) is 0.475. The molecule has 0 radical (unpaired) electrons. The molecule has 0 saturated carbocycles. The lowest BCUT2D eigenvalue weighted by Gasteiger charge is -2.29. The van der Waals surface area contributed by atoms with E-state index < -0.39 is 28.7 Å². The van der Waals surface area contributed by atoms with Crippen molar-refractivity contribution >= 4 is 17.7 Å². The van der Waals surface area contributed by atoms with Crippen LogP contribution in [0.5, 0.6) is 0 Å². The average Bonchev–Trinajstić information content (AvgIpc) is 2.43. The van der Waals surface area contributed by atoms with Crippen molar-refractivity contribution in [2.24, 2.45) is 5.41 Å². The van der Waals surface area contributed by atoms with Crippen LogP contribution in [0.25, 0.3) is 0 Å². The predicted octanol–water partition coefficient (Wildman–Crippen LogP) is 2.78. The fraction of sp³-hybridized carbons (Fsp3) is 0.471. The summed E-state index contributed by atoms with van der Waals surface area (Å²) >= 11 is 0. The number of benzene rings is 1. The summed E-state index contributed by atoms with van der Waals surface area (Å²) in [6, 6.07) is 8.40. The Morgan fingerprint density at radius 2 is 1.55 bits per heavy atom. The van der Waals surface area contributed by atoms with E-state index in [1.165, 1.54) is 13.8 Å². The molecule has 0 fully saturated rings. The Kier molecular flexibility index (Phi) is 5.47. The summed E-state index contributed by atoms with van der Waals surface area (Å²) in [6.45, 7) is 7.44. The molecule has 0 aliphatic heterocycles. The van der Waals surface area contributed by atoms with Crippen LogP contribution in [0.2, 0.25) is 0 Å². The first kappa shape index (κ1) is 17.9. The van der Waals surface area contributed by atoms with Crippen LogP contribution in [0.4, 0.5) is 0 Å². The molecule has 0 spiro atoms. The molecule has 1 aromatic carbocycles. The summed E-state index contributed by atoms with van der Waals surface area (Å²) in [5.74, 6) is -1.71. The third-order valence-corrected chi connectivity index (χ3v) is 2.95. The molecular weight excluding hydrogens is 284 g/mol. The summed E-state index contributed by atoms with van der Waals surface area (Å²) in [5.41, 5.74) is -1.96. The second-order valence-corrected chi connectivity index (χ2v) is 6.31. The highest BCUT2D eigenvalue weighted by atomic mass is 16.6. The van der Waals surface area contributed by atoms with Crippen molar-refractivity contribution < 1.29 is 23.9 Å². The Morgan fingerprint density at radius 1 is 1.00 bits per heavy atom. The maximum Gasteiger partial charge on any atom is 0.323 e. The van der Waals surface area contributed by atoms with Gasteiger partial charge in [-0.05, 0) is 27.7 Å². The number of carbonyl (C=O) groups is 3. The van der Waals surface area contributed by atoms with Crippen LogP contribution in [-0.2, 0) is 19.1 Å². The van der Waals surface area contributed by atoms with Gasteiger partial charge in [0.25, 0.3) is 0 Å². The van der Waals surface area contributed by atoms with E-state index in [9.17, 15) is 14.4 Å². The van der Waals surface area contributed by atoms with E-state index in [1.54, 1.807) is 51.1 Å². The Morgan fingerprint density at radius 3 is 2.00 bits per heavy atom. The number of hydrogen-bond donors (Lipinski definition) is 0. The SMILES string of the molecule is CC(=O)OCC(C)(C(=O)OC(C)(C)C)C(=O)c1ccccc1. The van der Waals surface area contributed by atoms with E-state index in [0.717, 1.165) is 0 Å². The van der Waals surface area contributed by atoms with Gasteiger partial charge in [-0.15, -0.1) is 0 Å². The minimum Gasteiger partial charge on any atom is -0.464 e. The van der Waals surface area contributed by atoms with Gasteiger partial charge < -0.3 is 9.47 Å². The molecule has 0 amide bonds. The summed E-state index contributed by atoms with van der Waals surface area (Å²) in [7, 11) is 0. The number of esters is 2. The van der Waals surface area contributed by atoms with Crippen LogP contribution in [-0.4, -0.2) is 29.9 Å². The van der Waals surface area contributed by atoms with Crippen LogP contribution < -0.4 is 0 Å². The van der Waals surface area contributed by atoms with Crippen molar-refractivity contribution in [3.05, 3.63) is 35.9 Å². The highest BCUT2D eigenvalue weighted by molar-refractivity contribution is 6.12. The van der Waals surface area contributed by atoms with Crippen molar-refractivity contribution in [3.63, 3.8) is 0 Å². The third kappa shape index (κ3) is 4.69. The lowest BCUT2D eigenvalue weighted by atomic mass is 9.82. The summed E-state index contributed by atoms with van der Waals surface area (Å²) in [4.78, 5) is 36.3. The van der Waals surface area contributed by atoms with Gasteiger partial charge in [0.15, 0.2) is 11.2 Å². The summed E-state index contributed by atoms with van der Waals surface area (Å²) < 4.78 is 10.3. The molecule has 0 heterocycles. The Balaban J connectivity index is 3.13. The predicted molar refractivity (Wildman–Crippen MR) is 81.4 cm³/mol. The number of carbonyl (C=O) groups excluding carboxylic acids is 3. The molecule has 0 aliphatic carbocycles. The molecule has 120 valence electrons. The maximum atomic E-state index is 12.7. The van der Waals surface area contributed by atoms with Gasteiger partial charge >= 0.3 is 11.9 Å². The minimum absolute atomic E-state index is 0.356. The molecule has 1 unspecified atom stereocenters. The largest absolute Gasteiger partial charge is 0.464 e. The van der Waals surface area contributed by atoms with Crippen LogP contribution >= 0.6 is 0 Å². The zero-order chi connectivity index (χ0) is 17.0. The van der Waals surface area contributed by atoms with E-state index in [-0.39, 0.29) is 6.61 Å². The maximum absolute atomic E-state index is 12.7. The van der Waals surface area contributed by atoms with Crippen molar-refractivity contribution in [1.29, 1.82) is 0 Å². The molecule has 0 N–H and O–H groups in total. The molecule has 0 bridgehead atoms. The second-order valence-electron chi connectivity index (χ2n) is 6.31. The number of hydrogen-bond acceptors (Lipinski definition) is 5. The normalized spacial score (nSPS) is 13.9. The zero-order valence-electron chi connectivity index (χ0n) is 13.6. The fourth-order valence-corrected chi connectivity index (χ4v) is 1.76. The van der Waals surface area contributed by atoms with Crippen molar-refractivity contribution in [2.75, 3.05) is 6.61 Å². The highest BCUT2D eigenvalue weighted by Crippen LogP contribution is 2.27. The minimum atomic E-state index is -1.58. The van der Waals surface area contributed by atoms with Gasteiger partial charge in [0.1, 0.15) is 12.2 Å². The number of rotatable bonds is 5. The molecule has 0 saturated heterocycles. The monoisotopic (exact) mass is 306 g/mol. The van der Waals surface area contributed by atoms with Gasteiger partial charge in [0.2, 0.25) is 0 Å². The molecule has 5 nitrogen and oxygen atoms in total. The molecular formula is C17H22O5. The van der Waals surface area contributed by atoms with Gasteiger partial charge in [0.05, 0.1) is 0 Å². The molecule has 1 aromatic rings. The summed E-state index contributed by atoms with van der Waals surface area (Å²) in [5, 5.41) is 0. The van der Waals surface area contributed by atoms with Gasteiger partial charge in [-0.25, -0.2) is 0 Å². The van der Waals surface area contributed by atoms with E-state index in [0.29, 0.717) is 5.56 Å². The zero-order valence-corrected chi connectivity index (χ0v) is 13.6. The van der Waals surface area contributed by atoms with Gasteiger partial charge in [0, 0.05) is 12.5 Å². The molecule has 0 aromatic heterocycles. The Bertz CT molecular complexity index is 556. The van der Waals surface area contributed by atoms with Gasteiger partial charge in [-0.1, -0.05) is 30.3 Å². The van der Waals surface area contributed by atoms with Crippen molar-refractivity contribution in [2.45, 2.75) is 40.2 Å². The van der Waals surface area contributed by atoms with Crippen LogP contribution in [0.1, 0.15) is 45.0 Å². The lowest BCUT2D eigenvalue weighted by Crippen LogP contribution is -2.45. The first-order valence-corrected chi connectivity index (χ1v) is 7.03. The van der Waals surface area contributed by atoms with E-state index in [4.69, 9.17) is 9.47 Å². The van der Waals surface area contributed by atoms with Crippen LogP contribution in [0.15, 0.2) is 30.3 Å². The lowest BCUT2D eigenvalue weighted by molar-refractivity contribution is -0.167. The first-order valence-electron chi connectivity index (χ1n) is 7.03. The van der Waals surface area contributed by atoms with Crippen molar-refractivity contribution in [1.82, 2.24) is 0 Å². The number of Topliss-reactive ketones (excluding diaryl/α,β-unsaturated/α-hetero) is 1. The number of ketones is 1. The van der Waals surface area contributed by atoms with Crippen LogP contribution in [0.3, 0.4) is 0 Å². The molecule has 5 heteroatoms. The van der Waals surface area contributed by atoms with E-state index in [1.807, 2.05) is 0 Å². The van der Waals surface area contributed by atoms with Gasteiger partial charge in [-0.3, -0.25) is 14.4 Å². The Labute approximate surface area is 130 Å². The summed E-state index contributed by atoms with van der Waals surface area (Å²) in [6.07, 6.45) is 0. The fourth-order valence-electron chi connectivity index (χ4n) is 1.76. The van der Waals surface area contributed by atoms with E-state index in [2.05, 4.69) is 0 Å². The van der Waals surface area contributed by atoms with E-state index >= 15 is 0 Å². The average molecular weight is 306 g/mol. The number of ether oxygens (including phenoxy) is 2. The third-order valence-electron chi connectivity index (χ3n) is 2.95. The van der Waals surface area contributed by atoms with Gasteiger partial charge in [-0.2, -0.15) is 0 Å². The molecule has 1 atom stereocenters. The van der Waals surface area contributed by atoms with Crippen LogP contribution in [0, 0.1) is 5.41 Å². The molecule has 0 aliphatic rings. The highest BCUT2D eigenvalue weighted by Gasteiger charge is 2.45. The smallest absolute Gasteiger partial charge is 0.323 e.